The third-order valence-corrected chi connectivity index (χ3v) is 12.3. The van der Waals surface area contributed by atoms with Crippen molar-refractivity contribution in [1.29, 1.82) is 0 Å². The third kappa shape index (κ3) is 6.74. The Morgan fingerprint density at radius 2 is 1.88 bits per heavy atom. The molecule has 6 rings (SSSR count). The largest absolute Gasteiger partial charge is 0.493 e. The van der Waals surface area contributed by atoms with E-state index < -0.39 is 29.0 Å². The van der Waals surface area contributed by atoms with Gasteiger partial charge in [-0.05, 0) is 135 Å². The van der Waals surface area contributed by atoms with E-state index in [-0.39, 0.29) is 35.4 Å². The van der Waals surface area contributed by atoms with E-state index in [1.165, 1.54) is 41.0 Å². The summed E-state index contributed by atoms with van der Waals surface area (Å²) < 4.78 is 54.5. The summed E-state index contributed by atoms with van der Waals surface area (Å²) in [6, 6.07) is 14.1. The van der Waals surface area contributed by atoms with E-state index in [0.29, 0.717) is 30.3 Å². The molecule has 50 heavy (non-hydrogen) atoms. The molecule has 1 saturated carbocycles. The van der Waals surface area contributed by atoms with Gasteiger partial charge in [-0.25, -0.2) is 4.79 Å². The number of carbonyl (C=O) groups is 2. The molecule has 0 radical (unpaired) electrons. The van der Waals surface area contributed by atoms with Crippen LogP contribution in [0.25, 0.3) is 0 Å². The number of amides is 1. The first-order valence-corrected chi connectivity index (χ1v) is 19.0. The van der Waals surface area contributed by atoms with Gasteiger partial charge >= 0.3 is 18.1 Å². The monoisotopic (exact) mass is 728 g/mol. The zero-order chi connectivity index (χ0) is 35.8. The number of alkyl halides is 3. The Labute approximate surface area is 301 Å². The summed E-state index contributed by atoms with van der Waals surface area (Å²) in [5.74, 6) is -1.35. The molecule has 1 heterocycles. The molecule has 3 atom stereocenters. The van der Waals surface area contributed by atoms with Gasteiger partial charge in [0, 0.05) is 33.1 Å². The second-order valence-corrected chi connectivity index (χ2v) is 15.7. The van der Waals surface area contributed by atoms with Crippen LogP contribution in [-0.2, 0) is 32.6 Å². The van der Waals surface area contributed by atoms with E-state index in [1.807, 2.05) is 18.5 Å². The van der Waals surface area contributed by atoms with Crippen molar-refractivity contribution in [2.75, 3.05) is 24.9 Å². The van der Waals surface area contributed by atoms with Gasteiger partial charge in [-0.2, -0.15) is 13.2 Å². The van der Waals surface area contributed by atoms with E-state index in [9.17, 15) is 22.8 Å². The van der Waals surface area contributed by atoms with Crippen LogP contribution in [0.1, 0.15) is 87.1 Å². The molecule has 11 heteroatoms. The number of aryl methyl sites for hydroxylation is 1. The number of rotatable bonds is 9. The third-order valence-electron chi connectivity index (χ3n) is 11.4. The summed E-state index contributed by atoms with van der Waals surface area (Å²) in [5.41, 5.74) is 2.38. The van der Waals surface area contributed by atoms with Crippen molar-refractivity contribution in [3.05, 3.63) is 82.1 Å². The van der Waals surface area contributed by atoms with Gasteiger partial charge in [-0.3, -0.25) is 14.7 Å². The number of fused-ring (bicyclic) bond motifs is 3. The average molecular weight is 729 g/mol. The highest BCUT2D eigenvalue weighted by Gasteiger charge is 2.60. The number of anilines is 1. The Balaban J connectivity index is 1.32. The summed E-state index contributed by atoms with van der Waals surface area (Å²) in [7, 11) is 1.16. The topological polar surface area (TPSA) is 68.7 Å². The Hall–Kier alpha value is -3.24. The molecule has 1 fully saturated rings. The van der Waals surface area contributed by atoms with Gasteiger partial charge in [0.1, 0.15) is 11.3 Å². The van der Waals surface area contributed by atoms with Gasteiger partial charge in [0.25, 0.3) is 0 Å². The molecule has 1 amide bonds. The molecule has 1 spiro atoms. The first-order valence-electron chi connectivity index (χ1n) is 17.4. The number of thioether (sulfide) groups is 1. The number of aromatic nitrogens is 1. The van der Waals surface area contributed by atoms with Gasteiger partial charge in [-0.15, -0.1) is 11.8 Å². The standard InChI is InChI=1S/C39H44ClF3N2O4S/c1-24(23-49-33-13-18-44-32-10-5-7-25(2)34(32)33)19-27-20-26-11-12-30(50-4)22-31(26)37(27)14-16-38(17-15-37,36(47)48-3)45(35(46)39(41,42)43)29-9-6-8-28(40)21-29/h6,8-9,11-13,18,21-22,24-25,27H,5,7,10,14-17,19-20,23H2,1-4H3/t24-,25-,27+,37?,38?/m1/s1. The second kappa shape index (κ2) is 14.4. The van der Waals surface area contributed by atoms with Gasteiger partial charge in [0.05, 0.1) is 13.7 Å². The second-order valence-electron chi connectivity index (χ2n) is 14.3. The predicted molar refractivity (Wildman–Crippen MR) is 190 cm³/mol. The van der Waals surface area contributed by atoms with Crippen molar-refractivity contribution in [3.63, 3.8) is 0 Å². The summed E-state index contributed by atoms with van der Waals surface area (Å²) in [6.07, 6.45) is 4.28. The molecular weight excluding hydrogens is 685 g/mol. The normalized spacial score (nSPS) is 25.0. The first kappa shape index (κ1) is 36.5. The van der Waals surface area contributed by atoms with Crippen LogP contribution in [0.4, 0.5) is 18.9 Å². The zero-order valence-corrected chi connectivity index (χ0v) is 30.5. The maximum Gasteiger partial charge on any atom is 0.471 e. The van der Waals surface area contributed by atoms with Crippen LogP contribution in [-0.4, -0.2) is 48.5 Å². The Morgan fingerprint density at radius 3 is 2.56 bits per heavy atom. The van der Waals surface area contributed by atoms with E-state index in [4.69, 9.17) is 21.1 Å². The van der Waals surface area contributed by atoms with Gasteiger partial charge < -0.3 is 9.47 Å². The number of halogens is 4. The molecule has 0 unspecified atom stereocenters. The molecule has 3 aromatic rings. The van der Waals surface area contributed by atoms with Crippen LogP contribution < -0.4 is 9.64 Å². The summed E-state index contributed by atoms with van der Waals surface area (Å²) in [5, 5.41) is 0.155. The number of ether oxygens (including phenoxy) is 2. The van der Waals surface area contributed by atoms with Crippen LogP contribution in [0.3, 0.4) is 0 Å². The molecule has 3 aliphatic rings. The fraction of sp³-hybridized carbons (Fsp3) is 0.513. The van der Waals surface area contributed by atoms with Gasteiger partial charge in [-0.1, -0.05) is 37.6 Å². The molecule has 6 nitrogen and oxygen atoms in total. The highest BCUT2D eigenvalue weighted by molar-refractivity contribution is 7.98. The average Bonchev–Trinajstić information content (AvgIpc) is 3.38. The van der Waals surface area contributed by atoms with E-state index in [1.54, 1.807) is 11.8 Å². The number of esters is 1. The highest BCUT2D eigenvalue weighted by Crippen LogP contribution is 2.58. The number of nitrogens with zero attached hydrogens (tertiary/aromatic N) is 2. The number of carbonyl (C=O) groups excluding carboxylic acids is 2. The summed E-state index contributed by atoms with van der Waals surface area (Å²) in [6.45, 7) is 4.94. The Kier molecular flexibility index (Phi) is 10.5. The van der Waals surface area contributed by atoms with Crippen LogP contribution in [0.2, 0.25) is 5.02 Å². The van der Waals surface area contributed by atoms with Gasteiger partial charge in [0.2, 0.25) is 0 Å². The summed E-state index contributed by atoms with van der Waals surface area (Å²) >= 11 is 7.86. The molecule has 2 aromatic carbocycles. The molecule has 0 aliphatic heterocycles. The Bertz CT molecular complexity index is 1740. The van der Waals surface area contributed by atoms with Crippen molar-refractivity contribution >= 4 is 40.9 Å². The predicted octanol–water partition coefficient (Wildman–Crippen LogP) is 9.49. The fourth-order valence-electron chi connectivity index (χ4n) is 8.97. The molecule has 268 valence electrons. The lowest BCUT2D eigenvalue weighted by atomic mass is 9.59. The minimum absolute atomic E-state index is 0.000631. The summed E-state index contributed by atoms with van der Waals surface area (Å²) in [4.78, 5) is 33.3. The maximum absolute atomic E-state index is 14.3. The van der Waals surface area contributed by atoms with Crippen molar-refractivity contribution in [1.82, 2.24) is 4.98 Å². The number of pyridine rings is 1. The minimum atomic E-state index is -5.23. The fourth-order valence-corrected chi connectivity index (χ4v) is 9.59. The quantitative estimate of drug-likeness (QED) is 0.162. The van der Waals surface area contributed by atoms with Crippen molar-refractivity contribution in [2.45, 2.75) is 99.6 Å². The smallest absolute Gasteiger partial charge is 0.471 e. The minimum Gasteiger partial charge on any atom is -0.493 e. The Morgan fingerprint density at radius 1 is 1.12 bits per heavy atom. The first-order chi connectivity index (χ1) is 23.8. The van der Waals surface area contributed by atoms with Crippen LogP contribution in [0.15, 0.2) is 59.6 Å². The lowest BCUT2D eigenvalue weighted by Gasteiger charge is -2.51. The van der Waals surface area contributed by atoms with Gasteiger partial charge in [0.15, 0.2) is 0 Å². The number of benzene rings is 2. The van der Waals surface area contributed by atoms with Crippen molar-refractivity contribution < 1.29 is 32.2 Å². The van der Waals surface area contributed by atoms with E-state index in [0.717, 1.165) is 55.6 Å². The SMILES string of the molecule is COC(=O)C1(N(C(=O)C(F)(F)F)c2cccc(Cl)c2)CCC2(CC1)c1cc(SC)ccc1C[C@@H]2C[C@@H](C)COc1ccnc2c1[C@H](C)CCC2. The molecule has 0 N–H and O–H groups in total. The molecule has 1 aromatic heterocycles. The number of methoxy groups -OCH3 is 1. The van der Waals surface area contributed by atoms with Crippen molar-refractivity contribution in [2.24, 2.45) is 11.8 Å². The molecule has 3 aliphatic carbocycles. The molecule has 0 bridgehead atoms. The highest BCUT2D eigenvalue weighted by atomic mass is 35.5. The lowest BCUT2D eigenvalue weighted by molar-refractivity contribution is -0.174. The lowest BCUT2D eigenvalue weighted by Crippen LogP contribution is -2.63. The molecular formula is C39H44ClF3N2O4S. The number of hydrogen-bond acceptors (Lipinski definition) is 6. The van der Waals surface area contributed by atoms with Crippen LogP contribution in [0.5, 0.6) is 5.75 Å². The zero-order valence-electron chi connectivity index (χ0n) is 28.9. The number of hydrogen-bond donors (Lipinski definition) is 0. The van der Waals surface area contributed by atoms with Crippen molar-refractivity contribution in [3.8, 4) is 5.75 Å². The maximum atomic E-state index is 14.3. The van der Waals surface area contributed by atoms with E-state index in [2.05, 4.69) is 37.0 Å². The van der Waals surface area contributed by atoms with Crippen LogP contribution >= 0.6 is 23.4 Å². The van der Waals surface area contributed by atoms with E-state index >= 15 is 0 Å². The van der Waals surface area contributed by atoms with Crippen LogP contribution in [0, 0.1) is 11.8 Å². The molecule has 0 saturated heterocycles.